The monoisotopic (exact) mass is 247 g/mol. The number of hydrogen-bond donors (Lipinski definition) is 1. The Morgan fingerprint density at radius 2 is 1.65 bits per heavy atom. The van der Waals surface area contributed by atoms with Crippen LogP contribution in [0.1, 0.15) is 27.7 Å². The highest BCUT2D eigenvalue weighted by Crippen LogP contribution is 2.10. The van der Waals surface area contributed by atoms with Crippen LogP contribution >= 0.6 is 0 Å². The van der Waals surface area contributed by atoms with Crippen LogP contribution in [0, 0.1) is 0 Å². The van der Waals surface area contributed by atoms with Crippen LogP contribution in [0.5, 0.6) is 0 Å². The van der Waals surface area contributed by atoms with Gasteiger partial charge in [0.05, 0.1) is 13.2 Å². The summed E-state index contributed by atoms with van der Waals surface area (Å²) in [5, 5.41) is 7.42. The summed E-state index contributed by atoms with van der Waals surface area (Å²) in [4.78, 5) is 22.1. The zero-order valence-corrected chi connectivity index (χ0v) is 10.9. The van der Waals surface area contributed by atoms with Crippen LogP contribution in [0.3, 0.4) is 0 Å². The fourth-order valence-corrected chi connectivity index (χ4v) is 1.07. The number of carboxylic acid groups (broad SMARTS) is 1. The van der Waals surface area contributed by atoms with Crippen molar-refractivity contribution >= 4 is 12.1 Å². The molecule has 0 saturated carbocycles. The molecule has 0 unspecified atom stereocenters. The fourth-order valence-electron chi connectivity index (χ4n) is 1.07. The molecule has 100 valence electrons. The Morgan fingerprint density at radius 3 is 2.00 bits per heavy atom. The van der Waals surface area contributed by atoms with Gasteiger partial charge in [0.15, 0.2) is 0 Å². The van der Waals surface area contributed by atoms with Crippen LogP contribution < -0.4 is 0 Å². The molecule has 0 aromatic carbocycles. The summed E-state index contributed by atoms with van der Waals surface area (Å²) in [6, 6.07) is 0. The van der Waals surface area contributed by atoms with Crippen molar-refractivity contribution in [2.45, 2.75) is 33.3 Å². The second kappa shape index (κ2) is 7.11. The third-order valence-corrected chi connectivity index (χ3v) is 1.66. The molecule has 1 heterocycles. The largest absolute Gasteiger partial charge is 0.481 e. The quantitative estimate of drug-likeness (QED) is 0.699. The van der Waals surface area contributed by atoms with E-state index in [0.29, 0.717) is 26.3 Å². The van der Waals surface area contributed by atoms with Gasteiger partial charge in [-0.05, 0) is 20.8 Å². The molecule has 0 aliphatic carbocycles. The Bertz CT molecular complexity index is 249. The first-order valence-corrected chi connectivity index (χ1v) is 5.47. The normalized spacial score (nSPS) is 15.6. The Hall–Kier alpha value is -1.30. The standard InChI is InChI=1S/C9H17NO3.C2H4O2/c1-9(2,3)13-8(11)10-4-6-12-7-5-10;1-2(3)4/h4-7H2,1-3H3;1H3,(H,3,4). The molecular weight excluding hydrogens is 226 g/mol. The number of carboxylic acids is 1. The molecule has 0 bridgehead atoms. The van der Waals surface area contributed by atoms with Crippen molar-refractivity contribution in [3.63, 3.8) is 0 Å². The smallest absolute Gasteiger partial charge is 0.410 e. The molecular formula is C11H21NO5. The van der Waals surface area contributed by atoms with Gasteiger partial charge in [-0.1, -0.05) is 0 Å². The van der Waals surface area contributed by atoms with Gasteiger partial charge in [0.25, 0.3) is 5.97 Å². The molecule has 0 radical (unpaired) electrons. The molecule has 1 aliphatic heterocycles. The van der Waals surface area contributed by atoms with Gasteiger partial charge in [-0.2, -0.15) is 0 Å². The van der Waals surface area contributed by atoms with Crippen molar-refractivity contribution in [2.24, 2.45) is 0 Å². The van der Waals surface area contributed by atoms with E-state index >= 15 is 0 Å². The van der Waals surface area contributed by atoms with Crippen molar-refractivity contribution < 1.29 is 24.2 Å². The summed E-state index contributed by atoms with van der Waals surface area (Å²) in [6.45, 7) is 9.17. The second-order valence-electron chi connectivity index (χ2n) is 4.60. The lowest BCUT2D eigenvalue weighted by molar-refractivity contribution is -0.134. The average Bonchev–Trinajstić information content (AvgIpc) is 2.15. The average molecular weight is 247 g/mol. The van der Waals surface area contributed by atoms with E-state index in [0.717, 1.165) is 6.92 Å². The lowest BCUT2D eigenvalue weighted by atomic mass is 10.2. The number of ether oxygens (including phenoxy) is 2. The van der Waals surface area contributed by atoms with E-state index in [-0.39, 0.29) is 6.09 Å². The highest BCUT2D eigenvalue weighted by Gasteiger charge is 2.23. The van der Waals surface area contributed by atoms with E-state index in [1.165, 1.54) is 0 Å². The molecule has 1 aliphatic rings. The third kappa shape index (κ3) is 9.62. The topological polar surface area (TPSA) is 76.1 Å². The molecule has 1 saturated heterocycles. The minimum atomic E-state index is -0.833. The lowest BCUT2D eigenvalue weighted by Crippen LogP contribution is -2.43. The maximum absolute atomic E-state index is 11.5. The Kier molecular flexibility index (Phi) is 6.57. The summed E-state index contributed by atoms with van der Waals surface area (Å²) in [5.74, 6) is -0.833. The number of morpholine rings is 1. The predicted octanol–water partition coefficient (Wildman–Crippen LogP) is 1.34. The molecule has 0 atom stereocenters. The van der Waals surface area contributed by atoms with Crippen molar-refractivity contribution in [3.8, 4) is 0 Å². The van der Waals surface area contributed by atoms with E-state index in [1.54, 1.807) is 4.90 Å². The van der Waals surface area contributed by atoms with Gasteiger partial charge < -0.3 is 19.5 Å². The maximum Gasteiger partial charge on any atom is 0.410 e. The predicted molar refractivity (Wildman–Crippen MR) is 61.9 cm³/mol. The summed E-state index contributed by atoms with van der Waals surface area (Å²) in [6.07, 6.45) is -0.240. The second-order valence-corrected chi connectivity index (χ2v) is 4.60. The SMILES string of the molecule is CC(=O)O.CC(C)(C)OC(=O)N1CCOCC1. The van der Waals surface area contributed by atoms with E-state index in [1.807, 2.05) is 20.8 Å². The van der Waals surface area contributed by atoms with Crippen LogP contribution in [-0.2, 0) is 14.3 Å². The lowest BCUT2D eigenvalue weighted by Gasteiger charge is -2.29. The van der Waals surface area contributed by atoms with Crippen molar-refractivity contribution in [2.75, 3.05) is 26.3 Å². The summed E-state index contributed by atoms with van der Waals surface area (Å²) >= 11 is 0. The van der Waals surface area contributed by atoms with Crippen molar-refractivity contribution in [1.82, 2.24) is 4.90 Å². The Morgan fingerprint density at radius 1 is 1.24 bits per heavy atom. The van der Waals surface area contributed by atoms with Gasteiger partial charge in [-0.3, -0.25) is 4.79 Å². The van der Waals surface area contributed by atoms with Crippen LogP contribution in [0.25, 0.3) is 0 Å². The van der Waals surface area contributed by atoms with Crippen LogP contribution in [0.2, 0.25) is 0 Å². The highest BCUT2D eigenvalue weighted by molar-refractivity contribution is 5.68. The molecule has 1 N–H and O–H groups in total. The number of nitrogens with zero attached hydrogens (tertiary/aromatic N) is 1. The van der Waals surface area contributed by atoms with Crippen LogP contribution in [0.4, 0.5) is 4.79 Å². The van der Waals surface area contributed by atoms with Gasteiger partial charge in [0, 0.05) is 20.0 Å². The molecule has 17 heavy (non-hydrogen) atoms. The first kappa shape index (κ1) is 15.7. The van der Waals surface area contributed by atoms with Crippen LogP contribution in [-0.4, -0.2) is 54.0 Å². The number of hydrogen-bond acceptors (Lipinski definition) is 4. The first-order valence-electron chi connectivity index (χ1n) is 5.47. The summed E-state index contributed by atoms with van der Waals surface area (Å²) in [5.41, 5.74) is -0.407. The van der Waals surface area contributed by atoms with E-state index in [9.17, 15) is 4.79 Å². The van der Waals surface area contributed by atoms with Crippen molar-refractivity contribution in [1.29, 1.82) is 0 Å². The molecule has 6 heteroatoms. The molecule has 1 fully saturated rings. The number of carbonyl (C=O) groups is 2. The van der Waals surface area contributed by atoms with E-state index in [4.69, 9.17) is 19.4 Å². The number of amides is 1. The molecule has 1 rings (SSSR count). The molecule has 6 nitrogen and oxygen atoms in total. The van der Waals surface area contributed by atoms with Gasteiger partial charge in [0.1, 0.15) is 5.60 Å². The molecule has 1 amide bonds. The van der Waals surface area contributed by atoms with E-state index in [2.05, 4.69) is 0 Å². The highest BCUT2D eigenvalue weighted by atomic mass is 16.6. The maximum atomic E-state index is 11.5. The summed E-state index contributed by atoms with van der Waals surface area (Å²) < 4.78 is 10.3. The van der Waals surface area contributed by atoms with Gasteiger partial charge in [-0.25, -0.2) is 4.79 Å². The first-order chi connectivity index (χ1) is 7.72. The van der Waals surface area contributed by atoms with Crippen LogP contribution in [0.15, 0.2) is 0 Å². The van der Waals surface area contributed by atoms with Gasteiger partial charge >= 0.3 is 6.09 Å². The van der Waals surface area contributed by atoms with Gasteiger partial charge in [-0.15, -0.1) is 0 Å². The number of rotatable bonds is 0. The molecule has 0 spiro atoms. The van der Waals surface area contributed by atoms with E-state index < -0.39 is 11.6 Å². The number of aliphatic carboxylic acids is 1. The van der Waals surface area contributed by atoms with Gasteiger partial charge in [0.2, 0.25) is 0 Å². The third-order valence-electron chi connectivity index (χ3n) is 1.66. The fraction of sp³-hybridized carbons (Fsp3) is 0.818. The Labute approximate surface area is 101 Å². The molecule has 0 aromatic rings. The number of carbonyl (C=O) groups excluding carboxylic acids is 1. The Balaban J connectivity index is 0.000000557. The summed E-state index contributed by atoms with van der Waals surface area (Å²) in [7, 11) is 0. The molecule has 0 aromatic heterocycles. The van der Waals surface area contributed by atoms with Crippen molar-refractivity contribution in [3.05, 3.63) is 0 Å². The minimum absolute atomic E-state index is 0.240. The minimum Gasteiger partial charge on any atom is -0.481 e. The zero-order valence-electron chi connectivity index (χ0n) is 10.9. The zero-order chi connectivity index (χ0) is 13.5.